The van der Waals surface area contributed by atoms with E-state index in [0.717, 1.165) is 27.7 Å². The van der Waals surface area contributed by atoms with E-state index in [4.69, 9.17) is 13.0 Å². The molecule has 4 rings (SSSR count). The lowest BCUT2D eigenvalue weighted by Crippen LogP contribution is -1.87. The minimum absolute atomic E-state index is 0.245. The van der Waals surface area contributed by atoms with Crippen molar-refractivity contribution in [3.05, 3.63) is 54.1 Å². The van der Waals surface area contributed by atoms with Gasteiger partial charge in [0.15, 0.2) is 0 Å². The van der Waals surface area contributed by atoms with Crippen molar-refractivity contribution in [1.82, 2.24) is 19.6 Å². The molecule has 0 saturated carbocycles. The number of hydrogen-bond acceptors (Lipinski definition) is 2. The van der Waals surface area contributed by atoms with Crippen LogP contribution in [0.2, 0.25) is 5.02 Å². The van der Waals surface area contributed by atoms with Gasteiger partial charge in [-0.1, -0.05) is 11.6 Å². The summed E-state index contributed by atoms with van der Waals surface area (Å²) in [4.78, 5) is 4.10. The summed E-state index contributed by atoms with van der Waals surface area (Å²) in [6.07, 6.45) is 5.61. The van der Waals surface area contributed by atoms with Gasteiger partial charge >= 0.3 is 0 Å². The molecule has 0 unspecified atom stereocenters. The molecule has 0 aliphatic rings. The van der Waals surface area contributed by atoms with Gasteiger partial charge in [0.1, 0.15) is 5.65 Å². The van der Waals surface area contributed by atoms with Crippen molar-refractivity contribution >= 4 is 28.2 Å². The smallest absolute Gasteiger partial charge is 0.136 e. The molecule has 0 atom stereocenters. The molecule has 0 aliphatic carbocycles. The van der Waals surface area contributed by atoms with Crippen LogP contribution >= 0.6 is 11.6 Å². The van der Waals surface area contributed by atoms with Gasteiger partial charge in [-0.2, -0.15) is 5.10 Å². The third-order valence-electron chi connectivity index (χ3n) is 3.19. The average Bonchev–Trinajstić information content (AvgIpc) is 3.02. The first kappa shape index (κ1) is 9.58. The topological polar surface area (TPSA) is 46.0 Å². The summed E-state index contributed by atoms with van der Waals surface area (Å²) < 4.78 is 9.40. The molecule has 0 fully saturated rings. The lowest BCUT2D eigenvalue weighted by molar-refractivity contribution is 1.12. The van der Waals surface area contributed by atoms with Crippen molar-refractivity contribution in [2.75, 3.05) is 0 Å². The van der Waals surface area contributed by atoms with E-state index in [1.807, 2.05) is 34.9 Å². The Morgan fingerprint density at radius 1 is 1.26 bits per heavy atom. The minimum atomic E-state index is 0.245. The van der Waals surface area contributed by atoms with Crippen molar-refractivity contribution < 1.29 is 1.37 Å². The Morgan fingerprint density at radius 3 is 3.16 bits per heavy atom. The Hall–Kier alpha value is -2.33. The standard InChI is InChI=1S/C14H9ClN4/c15-11-2-3-12-10(7-17-18-12)14(11)9-1-4-13-16-5-6-19(13)8-9/h1-8H,(H,17,18)/i5D. The zero-order valence-electron chi connectivity index (χ0n) is 10.8. The van der Waals surface area contributed by atoms with E-state index in [0.29, 0.717) is 5.02 Å². The maximum Gasteiger partial charge on any atom is 0.136 e. The van der Waals surface area contributed by atoms with E-state index in [1.165, 1.54) is 0 Å². The number of aromatic amines is 1. The Balaban J connectivity index is 2.04. The fourth-order valence-electron chi connectivity index (χ4n) is 2.30. The van der Waals surface area contributed by atoms with Crippen molar-refractivity contribution in [3.8, 4) is 11.1 Å². The maximum absolute atomic E-state index is 7.57. The van der Waals surface area contributed by atoms with Crippen molar-refractivity contribution in [1.29, 1.82) is 0 Å². The van der Waals surface area contributed by atoms with Crippen LogP contribution in [0.3, 0.4) is 0 Å². The molecule has 1 N–H and O–H groups in total. The third-order valence-corrected chi connectivity index (χ3v) is 3.51. The molecule has 0 spiro atoms. The lowest BCUT2D eigenvalue weighted by Gasteiger charge is -2.07. The van der Waals surface area contributed by atoms with Crippen LogP contribution in [0, 0.1) is 0 Å². The van der Waals surface area contributed by atoms with Crippen LogP contribution in [-0.2, 0) is 0 Å². The number of fused-ring (bicyclic) bond motifs is 2. The highest BCUT2D eigenvalue weighted by Crippen LogP contribution is 2.34. The van der Waals surface area contributed by atoms with Gasteiger partial charge in [-0.05, 0) is 24.3 Å². The zero-order valence-corrected chi connectivity index (χ0v) is 10.5. The van der Waals surface area contributed by atoms with Gasteiger partial charge in [0.2, 0.25) is 0 Å². The molecule has 0 radical (unpaired) electrons. The van der Waals surface area contributed by atoms with Crippen LogP contribution in [0.1, 0.15) is 1.37 Å². The molecule has 5 heteroatoms. The number of imidazole rings is 1. The Labute approximate surface area is 115 Å². The monoisotopic (exact) mass is 269 g/mol. The molecule has 3 aromatic heterocycles. The van der Waals surface area contributed by atoms with Crippen LogP contribution in [0.15, 0.2) is 49.0 Å². The largest absolute Gasteiger partial charge is 0.306 e. The fourth-order valence-corrected chi connectivity index (χ4v) is 2.57. The molecule has 0 saturated heterocycles. The van der Waals surface area contributed by atoms with Crippen molar-refractivity contribution in [2.24, 2.45) is 0 Å². The quantitative estimate of drug-likeness (QED) is 0.575. The predicted octanol–water partition coefficient (Wildman–Crippen LogP) is 3.53. The van der Waals surface area contributed by atoms with Gasteiger partial charge in [0.25, 0.3) is 0 Å². The Kier molecular flexibility index (Phi) is 1.93. The molecule has 0 amide bonds. The summed E-state index contributed by atoms with van der Waals surface area (Å²) in [5.41, 5.74) is 3.58. The first-order chi connectivity index (χ1) is 9.72. The summed E-state index contributed by atoms with van der Waals surface area (Å²) in [6, 6.07) is 7.59. The highest BCUT2D eigenvalue weighted by atomic mass is 35.5. The third kappa shape index (κ3) is 1.54. The summed E-state index contributed by atoms with van der Waals surface area (Å²) >= 11 is 6.35. The van der Waals surface area contributed by atoms with E-state index >= 15 is 0 Å². The maximum atomic E-state index is 7.57. The summed E-state index contributed by atoms with van der Waals surface area (Å²) in [7, 11) is 0. The van der Waals surface area contributed by atoms with Crippen molar-refractivity contribution in [2.45, 2.75) is 0 Å². The average molecular weight is 270 g/mol. The highest BCUT2D eigenvalue weighted by Gasteiger charge is 2.10. The fraction of sp³-hybridized carbons (Fsp3) is 0. The number of rotatable bonds is 1. The normalized spacial score (nSPS) is 12.2. The number of hydrogen-bond donors (Lipinski definition) is 1. The molecular weight excluding hydrogens is 260 g/mol. The molecule has 1 aromatic carbocycles. The van der Waals surface area contributed by atoms with Crippen LogP contribution in [0.4, 0.5) is 0 Å². The molecule has 0 aliphatic heterocycles. The van der Waals surface area contributed by atoms with Crippen LogP contribution < -0.4 is 0 Å². The molecule has 3 heterocycles. The number of benzene rings is 1. The first-order valence-corrected chi connectivity index (χ1v) is 6.17. The van der Waals surface area contributed by atoms with Gasteiger partial charge in [-0.3, -0.25) is 5.10 Å². The van der Waals surface area contributed by atoms with E-state index < -0.39 is 0 Å². The number of pyridine rings is 1. The molecular formula is C14H9ClN4. The van der Waals surface area contributed by atoms with E-state index in [2.05, 4.69) is 15.2 Å². The number of H-pyrrole nitrogens is 1. The van der Waals surface area contributed by atoms with Gasteiger partial charge in [0.05, 0.1) is 13.1 Å². The Bertz CT molecular complexity index is 941. The SMILES string of the molecule is [2H]c1cn2cc(-c3c(Cl)ccc4[nH]ncc34)ccc2n1. The van der Waals surface area contributed by atoms with Crippen LogP contribution in [0.5, 0.6) is 0 Å². The summed E-state index contributed by atoms with van der Waals surface area (Å²) in [5.74, 6) is 0. The van der Waals surface area contributed by atoms with Gasteiger partial charge in [-0.25, -0.2) is 4.98 Å². The summed E-state index contributed by atoms with van der Waals surface area (Å²) in [6.45, 7) is 0. The number of nitrogens with one attached hydrogen (secondary N) is 1. The van der Waals surface area contributed by atoms with E-state index in [-0.39, 0.29) is 6.17 Å². The first-order valence-electron chi connectivity index (χ1n) is 6.30. The molecule has 4 nitrogen and oxygen atoms in total. The predicted molar refractivity (Wildman–Crippen MR) is 75.3 cm³/mol. The van der Waals surface area contributed by atoms with Gasteiger partial charge in [0, 0.05) is 40.1 Å². The minimum Gasteiger partial charge on any atom is -0.306 e. The molecule has 92 valence electrons. The van der Waals surface area contributed by atoms with Crippen molar-refractivity contribution in [3.63, 3.8) is 0 Å². The second kappa shape index (κ2) is 3.83. The second-order valence-corrected chi connectivity index (χ2v) is 4.71. The lowest BCUT2D eigenvalue weighted by atomic mass is 10.0. The number of aromatic nitrogens is 4. The number of halogens is 1. The zero-order chi connectivity index (χ0) is 13.7. The summed E-state index contributed by atoms with van der Waals surface area (Å²) in [5, 5.41) is 8.65. The highest BCUT2D eigenvalue weighted by molar-refractivity contribution is 6.35. The Morgan fingerprint density at radius 2 is 2.21 bits per heavy atom. The van der Waals surface area contributed by atoms with Crippen LogP contribution in [0.25, 0.3) is 27.7 Å². The molecule has 19 heavy (non-hydrogen) atoms. The van der Waals surface area contributed by atoms with E-state index in [1.54, 1.807) is 12.4 Å². The van der Waals surface area contributed by atoms with E-state index in [9.17, 15) is 0 Å². The molecule has 0 bridgehead atoms. The van der Waals surface area contributed by atoms with Crippen LogP contribution in [-0.4, -0.2) is 19.6 Å². The van der Waals surface area contributed by atoms with Gasteiger partial charge in [-0.15, -0.1) is 0 Å². The van der Waals surface area contributed by atoms with Gasteiger partial charge < -0.3 is 4.40 Å². The number of nitrogens with zero attached hydrogens (tertiary/aromatic N) is 3. The molecule has 4 aromatic rings. The second-order valence-electron chi connectivity index (χ2n) is 4.31.